The van der Waals surface area contributed by atoms with E-state index in [9.17, 15) is 0 Å². The van der Waals surface area contributed by atoms with Crippen LogP contribution in [0.2, 0.25) is 0 Å². The Morgan fingerprint density at radius 1 is 0.828 bits per heavy atom. The molecular formula is C23H30N2O4. The fourth-order valence-corrected chi connectivity index (χ4v) is 4.40. The van der Waals surface area contributed by atoms with Gasteiger partial charge in [-0.2, -0.15) is 0 Å². The summed E-state index contributed by atoms with van der Waals surface area (Å²) in [7, 11) is 0. The van der Waals surface area contributed by atoms with E-state index in [0.717, 1.165) is 12.6 Å². The van der Waals surface area contributed by atoms with Gasteiger partial charge >= 0.3 is 11.9 Å². The fourth-order valence-electron chi connectivity index (χ4n) is 4.40. The molecule has 2 fully saturated rings. The zero-order chi connectivity index (χ0) is 20.6. The summed E-state index contributed by atoms with van der Waals surface area (Å²) in [5, 5.41) is 17.6. The third kappa shape index (κ3) is 6.02. The highest BCUT2D eigenvalue weighted by molar-refractivity contribution is 6.27. The zero-order valence-electron chi connectivity index (χ0n) is 16.8. The maximum atomic E-state index is 9.10. The molecule has 2 saturated heterocycles. The maximum Gasteiger partial charge on any atom is 0.414 e. The summed E-state index contributed by atoms with van der Waals surface area (Å²) in [5.41, 5.74) is 1.49. The van der Waals surface area contributed by atoms with Gasteiger partial charge in [0.05, 0.1) is 0 Å². The third-order valence-corrected chi connectivity index (χ3v) is 5.92. The Labute approximate surface area is 171 Å². The van der Waals surface area contributed by atoms with E-state index in [4.69, 9.17) is 19.8 Å². The average Bonchev–Trinajstić information content (AvgIpc) is 2.75. The molecule has 0 unspecified atom stereocenters. The second-order valence-electron chi connectivity index (χ2n) is 7.85. The van der Waals surface area contributed by atoms with Gasteiger partial charge < -0.3 is 15.1 Å². The van der Waals surface area contributed by atoms with Crippen LogP contribution in [0, 0.1) is 0 Å². The fraction of sp³-hybridized carbons (Fsp3) is 0.478. The van der Waals surface area contributed by atoms with Crippen LogP contribution >= 0.6 is 0 Å². The van der Waals surface area contributed by atoms with Gasteiger partial charge in [0.2, 0.25) is 0 Å². The van der Waals surface area contributed by atoms with Crippen LogP contribution in [0.15, 0.2) is 42.5 Å². The number of rotatable bonds is 3. The molecule has 2 aromatic rings. The van der Waals surface area contributed by atoms with Crippen molar-refractivity contribution in [2.75, 3.05) is 26.2 Å². The van der Waals surface area contributed by atoms with Crippen molar-refractivity contribution >= 4 is 22.7 Å². The van der Waals surface area contributed by atoms with Crippen LogP contribution in [-0.4, -0.2) is 64.2 Å². The highest BCUT2D eigenvalue weighted by atomic mass is 16.4. The average molecular weight is 399 g/mol. The minimum atomic E-state index is -1.82. The van der Waals surface area contributed by atoms with Gasteiger partial charge in [0.15, 0.2) is 0 Å². The smallest absolute Gasteiger partial charge is 0.414 e. The number of hydrogen-bond acceptors (Lipinski definition) is 4. The van der Waals surface area contributed by atoms with Crippen molar-refractivity contribution in [3.05, 3.63) is 48.0 Å². The summed E-state index contributed by atoms with van der Waals surface area (Å²) in [4.78, 5) is 23.6. The van der Waals surface area contributed by atoms with E-state index >= 15 is 0 Å². The van der Waals surface area contributed by atoms with Gasteiger partial charge in [-0.25, -0.2) is 9.59 Å². The standard InChI is InChI=1S/C21H28N2.C2H2O4/c1-4-13-23(14-5-1)20-11-15-22(16-12-20)17-19-9-6-8-18-7-2-3-10-21(18)19;3-1(4)2(5)6/h2-3,6-10,20H,1,4-5,11-17H2;(H,3,4)(H,5,6). The Morgan fingerprint density at radius 2 is 1.45 bits per heavy atom. The summed E-state index contributed by atoms with van der Waals surface area (Å²) in [6, 6.07) is 16.4. The third-order valence-electron chi connectivity index (χ3n) is 5.92. The van der Waals surface area contributed by atoms with E-state index in [0.29, 0.717) is 0 Å². The van der Waals surface area contributed by atoms with Crippen LogP contribution < -0.4 is 0 Å². The SMILES string of the molecule is O=C(O)C(=O)O.c1ccc2c(CN3CCC(N4CCCCC4)CC3)cccc2c1. The molecular weight excluding hydrogens is 368 g/mol. The molecule has 2 N–H and O–H groups in total. The Kier molecular flexibility index (Phi) is 7.61. The van der Waals surface area contributed by atoms with Gasteiger partial charge in [0.1, 0.15) is 0 Å². The molecule has 156 valence electrons. The topological polar surface area (TPSA) is 81.1 Å². The summed E-state index contributed by atoms with van der Waals surface area (Å²) in [6.45, 7) is 6.30. The van der Waals surface area contributed by atoms with E-state index in [1.54, 1.807) is 0 Å². The number of carbonyl (C=O) groups is 2. The quantitative estimate of drug-likeness (QED) is 0.771. The molecule has 0 amide bonds. The number of aliphatic carboxylic acids is 2. The first-order chi connectivity index (χ1) is 14.0. The second kappa shape index (κ2) is 10.4. The molecule has 2 aromatic carbocycles. The molecule has 2 heterocycles. The molecule has 0 atom stereocenters. The van der Waals surface area contributed by atoms with Crippen molar-refractivity contribution in [3.63, 3.8) is 0 Å². The largest absolute Gasteiger partial charge is 0.473 e. The number of benzene rings is 2. The van der Waals surface area contributed by atoms with Crippen LogP contribution in [0.1, 0.15) is 37.7 Å². The van der Waals surface area contributed by atoms with Crippen molar-refractivity contribution in [2.45, 2.75) is 44.7 Å². The van der Waals surface area contributed by atoms with Crippen LogP contribution in [0.3, 0.4) is 0 Å². The Hall–Kier alpha value is -2.44. The summed E-state index contributed by atoms with van der Waals surface area (Å²) in [5.74, 6) is -3.65. The predicted molar refractivity (Wildman–Crippen MR) is 113 cm³/mol. The number of piperidine rings is 2. The number of fused-ring (bicyclic) bond motifs is 1. The lowest BCUT2D eigenvalue weighted by Gasteiger charge is -2.40. The Balaban J connectivity index is 0.000000353. The second-order valence-corrected chi connectivity index (χ2v) is 7.85. The first kappa shape index (κ1) is 21.3. The molecule has 4 rings (SSSR count). The number of carboxylic acid groups (broad SMARTS) is 2. The minimum Gasteiger partial charge on any atom is -0.473 e. The summed E-state index contributed by atoms with van der Waals surface area (Å²) >= 11 is 0. The molecule has 6 heteroatoms. The van der Waals surface area contributed by atoms with Crippen molar-refractivity contribution in [3.8, 4) is 0 Å². The first-order valence-electron chi connectivity index (χ1n) is 10.4. The molecule has 0 bridgehead atoms. The lowest BCUT2D eigenvalue weighted by molar-refractivity contribution is -0.159. The Morgan fingerprint density at radius 3 is 2.10 bits per heavy atom. The van der Waals surface area contributed by atoms with Crippen molar-refractivity contribution in [1.29, 1.82) is 0 Å². The molecule has 0 aromatic heterocycles. The van der Waals surface area contributed by atoms with Crippen molar-refractivity contribution in [1.82, 2.24) is 9.80 Å². The monoisotopic (exact) mass is 398 g/mol. The van der Waals surface area contributed by atoms with E-state index in [2.05, 4.69) is 52.3 Å². The van der Waals surface area contributed by atoms with Crippen LogP contribution in [0.5, 0.6) is 0 Å². The molecule has 0 spiro atoms. The van der Waals surface area contributed by atoms with E-state index in [-0.39, 0.29) is 0 Å². The molecule has 2 aliphatic rings. The van der Waals surface area contributed by atoms with Gasteiger partial charge in [-0.05, 0) is 68.2 Å². The van der Waals surface area contributed by atoms with Crippen molar-refractivity contribution in [2.24, 2.45) is 0 Å². The van der Waals surface area contributed by atoms with E-state index in [1.165, 1.54) is 74.6 Å². The number of likely N-dealkylation sites (tertiary alicyclic amines) is 2. The molecule has 0 aliphatic carbocycles. The Bertz CT molecular complexity index is 807. The first-order valence-corrected chi connectivity index (χ1v) is 10.4. The maximum absolute atomic E-state index is 9.10. The van der Waals surface area contributed by atoms with Gasteiger partial charge in [-0.3, -0.25) is 4.90 Å². The number of hydrogen-bond donors (Lipinski definition) is 2. The normalized spacial score (nSPS) is 18.8. The van der Waals surface area contributed by atoms with Crippen LogP contribution in [0.25, 0.3) is 10.8 Å². The summed E-state index contributed by atoms with van der Waals surface area (Å²) in [6.07, 6.45) is 6.97. The lowest BCUT2D eigenvalue weighted by atomic mass is 9.98. The molecule has 0 saturated carbocycles. The van der Waals surface area contributed by atoms with E-state index in [1.807, 2.05) is 0 Å². The molecule has 6 nitrogen and oxygen atoms in total. The highest BCUT2D eigenvalue weighted by Gasteiger charge is 2.25. The number of carboxylic acids is 2. The van der Waals surface area contributed by atoms with Gasteiger partial charge in [0.25, 0.3) is 0 Å². The predicted octanol–water partition coefficient (Wildman–Crippen LogP) is 3.45. The number of nitrogens with zero attached hydrogens (tertiary/aromatic N) is 2. The molecule has 29 heavy (non-hydrogen) atoms. The van der Waals surface area contributed by atoms with Gasteiger partial charge in [-0.15, -0.1) is 0 Å². The van der Waals surface area contributed by atoms with Crippen LogP contribution in [0.4, 0.5) is 0 Å². The molecule has 0 radical (unpaired) electrons. The minimum absolute atomic E-state index is 0.846. The van der Waals surface area contributed by atoms with Crippen molar-refractivity contribution < 1.29 is 19.8 Å². The lowest BCUT2D eigenvalue weighted by Crippen LogP contribution is -2.46. The van der Waals surface area contributed by atoms with Gasteiger partial charge in [0, 0.05) is 12.6 Å². The highest BCUT2D eigenvalue weighted by Crippen LogP contribution is 2.24. The molecule has 2 aliphatic heterocycles. The van der Waals surface area contributed by atoms with E-state index < -0.39 is 11.9 Å². The zero-order valence-corrected chi connectivity index (χ0v) is 16.8. The van der Waals surface area contributed by atoms with Crippen LogP contribution in [-0.2, 0) is 16.1 Å². The van der Waals surface area contributed by atoms with Gasteiger partial charge in [-0.1, -0.05) is 48.9 Å². The summed E-state index contributed by atoms with van der Waals surface area (Å²) < 4.78 is 0.